The van der Waals surface area contributed by atoms with E-state index in [1.54, 1.807) is 0 Å². The van der Waals surface area contributed by atoms with Crippen molar-refractivity contribution in [3.05, 3.63) is 77.4 Å². The van der Waals surface area contributed by atoms with E-state index < -0.39 is 0 Å². The van der Waals surface area contributed by atoms with E-state index in [-0.39, 0.29) is 0 Å². The standard InChI is InChI=1S/C16H13ClN/c17-15-9-7-13(8-10-15)12-18-11-3-5-14-4-1-2-6-16(14)18/h1-11H,12H2/q+1. The maximum atomic E-state index is 5.90. The van der Waals surface area contributed by atoms with Crippen molar-refractivity contribution in [3.8, 4) is 0 Å². The Labute approximate surface area is 111 Å². The summed E-state index contributed by atoms with van der Waals surface area (Å²) in [7, 11) is 0. The molecule has 0 bridgehead atoms. The van der Waals surface area contributed by atoms with E-state index in [9.17, 15) is 0 Å². The monoisotopic (exact) mass is 254 g/mol. The predicted octanol–water partition coefficient (Wildman–Crippen LogP) is 3.83. The minimum Gasteiger partial charge on any atom is -0.194 e. The number of hydrogen-bond acceptors (Lipinski definition) is 0. The Balaban J connectivity index is 2.02. The molecule has 1 heterocycles. The van der Waals surface area contributed by atoms with E-state index in [1.165, 1.54) is 16.5 Å². The van der Waals surface area contributed by atoms with Gasteiger partial charge >= 0.3 is 0 Å². The summed E-state index contributed by atoms with van der Waals surface area (Å²) < 4.78 is 2.25. The highest BCUT2D eigenvalue weighted by molar-refractivity contribution is 6.30. The molecule has 0 aliphatic rings. The molecule has 0 radical (unpaired) electrons. The lowest BCUT2D eigenvalue weighted by molar-refractivity contribution is -0.662. The molecular weight excluding hydrogens is 242 g/mol. The van der Waals surface area contributed by atoms with Gasteiger partial charge < -0.3 is 0 Å². The molecule has 0 atom stereocenters. The molecule has 88 valence electrons. The van der Waals surface area contributed by atoms with Crippen LogP contribution in [0.4, 0.5) is 0 Å². The van der Waals surface area contributed by atoms with Crippen LogP contribution >= 0.6 is 11.6 Å². The number of halogens is 1. The number of para-hydroxylation sites is 1. The van der Waals surface area contributed by atoms with Gasteiger partial charge in [-0.2, -0.15) is 4.57 Å². The first-order chi connectivity index (χ1) is 8.83. The Morgan fingerprint density at radius 1 is 0.833 bits per heavy atom. The van der Waals surface area contributed by atoms with Crippen molar-refractivity contribution in [1.82, 2.24) is 0 Å². The molecule has 0 saturated carbocycles. The normalized spacial score (nSPS) is 10.7. The van der Waals surface area contributed by atoms with Gasteiger partial charge in [0.2, 0.25) is 5.52 Å². The lowest BCUT2D eigenvalue weighted by atomic mass is 10.2. The van der Waals surface area contributed by atoms with Crippen molar-refractivity contribution in [3.63, 3.8) is 0 Å². The first kappa shape index (κ1) is 11.2. The first-order valence-electron chi connectivity index (χ1n) is 5.94. The number of fused-ring (bicyclic) bond motifs is 1. The fourth-order valence-electron chi connectivity index (χ4n) is 2.15. The molecule has 0 aliphatic carbocycles. The number of pyridine rings is 1. The molecule has 1 aromatic heterocycles. The van der Waals surface area contributed by atoms with Gasteiger partial charge in [0, 0.05) is 28.1 Å². The average Bonchev–Trinajstić information content (AvgIpc) is 2.42. The summed E-state index contributed by atoms with van der Waals surface area (Å²) >= 11 is 5.90. The van der Waals surface area contributed by atoms with Gasteiger partial charge in [0.15, 0.2) is 12.7 Å². The van der Waals surface area contributed by atoms with Crippen LogP contribution in [0.2, 0.25) is 5.02 Å². The second-order valence-corrected chi connectivity index (χ2v) is 4.76. The summed E-state index contributed by atoms with van der Waals surface area (Å²) in [6.45, 7) is 0.860. The second kappa shape index (κ2) is 4.79. The fourth-order valence-corrected chi connectivity index (χ4v) is 2.27. The Kier molecular flexibility index (Phi) is 2.99. The third kappa shape index (κ3) is 2.22. The van der Waals surface area contributed by atoms with Crippen molar-refractivity contribution in [2.75, 3.05) is 0 Å². The zero-order valence-electron chi connectivity index (χ0n) is 9.88. The van der Waals surface area contributed by atoms with Crippen LogP contribution in [0, 0.1) is 0 Å². The lowest BCUT2D eigenvalue weighted by Crippen LogP contribution is -2.34. The van der Waals surface area contributed by atoms with Crippen LogP contribution in [-0.4, -0.2) is 0 Å². The Morgan fingerprint density at radius 3 is 2.39 bits per heavy atom. The van der Waals surface area contributed by atoms with Crippen LogP contribution in [0.25, 0.3) is 10.9 Å². The third-order valence-corrected chi connectivity index (χ3v) is 3.31. The summed E-state index contributed by atoms with van der Waals surface area (Å²) in [5, 5.41) is 2.04. The van der Waals surface area contributed by atoms with E-state index in [0.29, 0.717) is 0 Å². The van der Waals surface area contributed by atoms with Gasteiger partial charge in [-0.15, -0.1) is 0 Å². The van der Waals surface area contributed by atoms with Gasteiger partial charge in [-0.25, -0.2) is 0 Å². The van der Waals surface area contributed by atoms with Crippen molar-refractivity contribution in [2.45, 2.75) is 6.54 Å². The summed E-state index contributed by atoms with van der Waals surface area (Å²) in [5.74, 6) is 0. The lowest BCUT2D eigenvalue weighted by Gasteiger charge is -2.01. The first-order valence-corrected chi connectivity index (χ1v) is 6.32. The molecule has 1 nitrogen and oxygen atoms in total. The highest BCUT2D eigenvalue weighted by Crippen LogP contribution is 2.11. The molecule has 0 saturated heterocycles. The van der Waals surface area contributed by atoms with Gasteiger partial charge in [-0.3, -0.25) is 0 Å². The molecule has 0 unspecified atom stereocenters. The zero-order valence-corrected chi connectivity index (χ0v) is 10.6. The van der Waals surface area contributed by atoms with Crippen molar-refractivity contribution >= 4 is 22.5 Å². The number of benzene rings is 2. The molecule has 3 aromatic rings. The van der Waals surface area contributed by atoms with Gasteiger partial charge in [-0.05, 0) is 24.3 Å². The molecule has 2 heteroatoms. The van der Waals surface area contributed by atoms with Crippen LogP contribution in [0.5, 0.6) is 0 Å². The molecule has 18 heavy (non-hydrogen) atoms. The van der Waals surface area contributed by atoms with Gasteiger partial charge in [0.1, 0.15) is 0 Å². The third-order valence-electron chi connectivity index (χ3n) is 3.05. The average molecular weight is 255 g/mol. The number of nitrogens with zero attached hydrogens (tertiary/aromatic N) is 1. The number of aromatic nitrogens is 1. The topological polar surface area (TPSA) is 3.88 Å². The van der Waals surface area contributed by atoms with Crippen LogP contribution in [0.1, 0.15) is 5.56 Å². The van der Waals surface area contributed by atoms with E-state index in [4.69, 9.17) is 11.6 Å². The maximum Gasteiger partial charge on any atom is 0.212 e. The molecule has 0 amide bonds. The molecule has 0 aliphatic heterocycles. The summed E-state index contributed by atoms with van der Waals surface area (Å²) in [4.78, 5) is 0. The summed E-state index contributed by atoms with van der Waals surface area (Å²) in [5.41, 5.74) is 2.50. The molecule has 0 spiro atoms. The van der Waals surface area contributed by atoms with Crippen LogP contribution < -0.4 is 4.57 Å². The zero-order chi connectivity index (χ0) is 12.4. The van der Waals surface area contributed by atoms with E-state index in [0.717, 1.165) is 11.6 Å². The van der Waals surface area contributed by atoms with Crippen LogP contribution in [-0.2, 0) is 6.54 Å². The minimum absolute atomic E-state index is 0.779. The van der Waals surface area contributed by atoms with Gasteiger partial charge in [0.25, 0.3) is 0 Å². The van der Waals surface area contributed by atoms with E-state index in [1.807, 2.05) is 12.1 Å². The minimum atomic E-state index is 0.779. The SMILES string of the molecule is Clc1ccc(C[n+]2cccc3ccccc32)cc1. The predicted molar refractivity (Wildman–Crippen MR) is 74.7 cm³/mol. The maximum absolute atomic E-state index is 5.90. The molecule has 0 fully saturated rings. The summed E-state index contributed by atoms with van der Waals surface area (Å²) in [6, 6.07) is 20.6. The summed E-state index contributed by atoms with van der Waals surface area (Å²) in [6.07, 6.45) is 2.11. The Hall–Kier alpha value is -1.86. The number of hydrogen-bond donors (Lipinski definition) is 0. The second-order valence-electron chi connectivity index (χ2n) is 4.32. The van der Waals surface area contributed by atoms with Gasteiger partial charge in [-0.1, -0.05) is 35.9 Å². The highest BCUT2D eigenvalue weighted by Gasteiger charge is 2.07. The van der Waals surface area contributed by atoms with E-state index >= 15 is 0 Å². The van der Waals surface area contributed by atoms with Crippen LogP contribution in [0.15, 0.2) is 66.9 Å². The Morgan fingerprint density at radius 2 is 1.56 bits per heavy atom. The quantitative estimate of drug-likeness (QED) is 0.612. The van der Waals surface area contributed by atoms with Crippen LogP contribution in [0.3, 0.4) is 0 Å². The van der Waals surface area contributed by atoms with Crippen molar-refractivity contribution in [2.24, 2.45) is 0 Å². The van der Waals surface area contributed by atoms with Gasteiger partial charge in [0.05, 0.1) is 0 Å². The van der Waals surface area contributed by atoms with Crippen molar-refractivity contribution < 1.29 is 4.57 Å². The fraction of sp³-hybridized carbons (Fsp3) is 0.0625. The number of rotatable bonds is 2. The molecule has 2 aromatic carbocycles. The van der Waals surface area contributed by atoms with E-state index in [2.05, 4.69) is 59.3 Å². The molecule has 3 rings (SSSR count). The highest BCUT2D eigenvalue weighted by atomic mass is 35.5. The molecule has 0 N–H and O–H groups in total. The largest absolute Gasteiger partial charge is 0.212 e. The molecular formula is C16H13ClN+. The smallest absolute Gasteiger partial charge is 0.194 e. The van der Waals surface area contributed by atoms with Crippen molar-refractivity contribution in [1.29, 1.82) is 0 Å². The Bertz CT molecular complexity index is 669.